The lowest BCUT2D eigenvalue weighted by Gasteiger charge is -2.28. The van der Waals surface area contributed by atoms with E-state index in [-0.39, 0.29) is 5.78 Å². The monoisotopic (exact) mass is 332 g/mol. The third-order valence-electron chi connectivity index (χ3n) is 4.14. The lowest BCUT2D eigenvalue weighted by Crippen LogP contribution is -2.27. The normalized spacial score (nSPS) is 11.0. The van der Waals surface area contributed by atoms with Crippen LogP contribution in [0.3, 0.4) is 0 Å². The van der Waals surface area contributed by atoms with Gasteiger partial charge in [0.2, 0.25) is 0 Å². The lowest BCUT2D eigenvalue weighted by molar-refractivity contribution is -0.115. The second-order valence-corrected chi connectivity index (χ2v) is 9.18. The number of benzene rings is 3. The highest BCUT2D eigenvalue weighted by atomic mass is 31.2. The Kier molecular flexibility index (Phi) is 5.13. The summed E-state index contributed by atoms with van der Waals surface area (Å²) in [6.07, 6.45) is 0.479. The number of rotatable bonds is 5. The van der Waals surface area contributed by atoms with Crippen LogP contribution in [-0.2, 0) is 4.79 Å². The number of hydrogen-bond acceptors (Lipinski definition) is 1. The van der Waals surface area contributed by atoms with Crippen LogP contribution in [0.1, 0.15) is 13.3 Å². The van der Waals surface area contributed by atoms with E-state index in [1.54, 1.807) is 6.92 Å². The third-order valence-corrected chi connectivity index (χ3v) is 8.21. The molecule has 0 atom stereocenters. The van der Waals surface area contributed by atoms with Crippen LogP contribution in [0.5, 0.6) is 0 Å². The molecule has 3 aromatic carbocycles. The summed E-state index contributed by atoms with van der Waals surface area (Å²) in [6, 6.07) is 31.7. The topological polar surface area (TPSA) is 17.1 Å². The summed E-state index contributed by atoms with van der Waals surface area (Å²) in [5.41, 5.74) is 0. The van der Waals surface area contributed by atoms with E-state index in [0.29, 0.717) is 6.42 Å². The molecule has 0 amide bonds. The first-order valence-electron chi connectivity index (χ1n) is 8.13. The van der Waals surface area contributed by atoms with Gasteiger partial charge in [-0.2, -0.15) is 0 Å². The van der Waals surface area contributed by atoms with Crippen molar-refractivity contribution >= 4 is 34.4 Å². The summed E-state index contributed by atoms with van der Waals surface area (Å²) in [5, 5.41) is 3.84. The van der Waals surface area contributed by atoms with E-state index in [4.69, 9.17) is 0 Å². The van der Waals surface area contributed by atoms with E-state index in [9.17, 15) is 4.79 Å². The molecule has 0 aliphatic carbocycles. The summed E-state index contributed by atoms with van der Waals surface area (Å²) in [5.74, 6) is 2.46. The second kappa shape index (κ2) is 7.47. The van der Waals surface area contributed by atoms with Crippen LogP contribution in [-0.4, -0.2) is 11.6 Å². The van der Waals surface area contributed by atoms with Crippen LogP contribution in [0.15, 0.2) is 91.0 Å². The van der Waals surface area contributed by atoms with E-state index < -0.39 is 6.89 Å². The fourth-order valence-corrected chi connectivity index (χ4v) is 7.00. The van der Waals surface area contributed by atoms with Gasteiger partial charge in [0.25, 0.3) is 0 Å². The Labute approximate surface area is 144 Å². The van der Waals surface area contributed by atoms with Crippen LogP contribution in [0.4, 0.5) is 0 Å². The van der Waals surface area contributed by atoms with Gasteiger partial charge >= 0.3 is 0 Å². The van der Waals surface area contributed by atoms with Gasteiger partial charge in [-0.1, -0.05) is 96.8 Å². The fourth-order valence-electron chi connectivity index (χ4n) is 3.02. The Morgan fingerprint density at radius 1 is 0.708 bits per heavy atom. The molecule has 0 bridgehead atoms. The minimum absolute atomic E-state index is 0.196. The molecule has 3 aromatic rings. The van der Waals surface area contributed by atoms with Gasteiger partial charge in [-0.3, -0.25) is 4.79 Å². The standard InChI is InChI=1S/C22H21OP/c1-19(23)17-18-24(20-11-5-2-6-12-20,21-13-7-3-8-14-21)22-15-9-4-10-16-22/h2-16,18H,17H2,1H3. The Morgan fingerprint density at radius 2 is 1.04 bits per heavy atom. The quantitative estimate of drug-likeness (QED) is 0.650. The average Bonchev–Trinajstić information content (AvgIpc) is 2.65. The zero-order chi connectivity index (χ0) is 16.8. The Bertz CT molecular complexity index is 749. The molecule has 0 aliphatic rings. The minimum Gasteiger partial charge on any atom is -0.300 e. The van der Waals surface area contributed by atoms with Crippen molar-refractivity contribution in [3.8, 4) is 0 Å². The highest BCUT2D eigenvalue weighted by Gasteiger charge is 2.24. The van der Waals surface area contributed by atoms with Gasteiger partial charge in [-0.05, 0) is 29.7 Å². The predicted molar refractivity (Wildman–Crippen MR) is 107 cm³/mol. The van der Waals surface area contributed by atoms with E-state index in [0.717, 1.165) is 0 Å². The highest BCUT2D eigenvalue weighted by molar-refractivity contribution is 7.94. The summed E-state index contributed by atoms with van der Waals surface area (Å²) in [4.78, 5) is 11.8. The smallest absolute Gasteiger partial charge is 0.133 e. The molecule has 0 N–H and O–H groups in total. The second-order valence-electron chi connectivity index (χ2n) is 5.82. The molecule has 0 saturated heterocycles. The van der Waals surface area contributed by atoms with Crippen molar-refractivity contribution in [2.45, 2.75) is 13.3 Å². The first-order valence-corrected chi connectivity index (χ1v) is 9.99. The minimum atomic E-state index is -1.95. The molecule has 24 heavy (non-hydrogen) atoms. The summed E-state index contributed by atoms with van der Waals surface area (Å²) >= 11 is 0. The maximum atomic E-state index is 11.8. The van der Waals surface area contributed by atoms with Gasteiger partial charge < -0.3 is 0 Å². The highest BCUT2D eigenvalue weighted by Crippen LogP contribution is 2.43. The molecule has 0 saturated carbocycles. The maximum absolute atomic E-state index is 11.8. The zero-order valence-corrected chi connectivity index (χ0v) is 14.7. The number of Topliss-reactive ketones (excluding diaryl/α,β-unsaturated/α-hetero) is 1. The SMILES string of the molecule is CC(=O)CC=P(c1ccccc1)(c1ccccc1)c1ccccc1. The molecule has 3 rings (SSSR count). The maximum Gasteiger partial charge on any atom is 0.133 e. The first-order chi connectivity index (χ1) is 11.7. The summed E-state index contributed by atoms with van der Waals surface area (Å²) < 4.78 is 0. The van der Waals surface area contributed by atoms with Gasteiger partial charge in [-0.15, -0.1) is 0 Å². The van der Waals surface area contributed by atoms with Gasteiger partial charge in [0.15, 0.2) is 0 Å². The number of carbonyl (C=O) groups excluding carboxylic acids is 1. The van der Waals surface area contributed by atoms with Crippen molar-refractivity contribution in [2.75, 3.05) is 0 Å². The van der Waals surface area contributed by atoms with Crippen molar-refractivity contribution in [1.82, 2.24) is 0 Å². The van der Waals surface area contributed by atoms with E-state index in [1.165, 1.54) is 15.9 Å². The van der Waals surface area contributed by atoms with Gasteiger partial charge in [0.1, 0.15) is 5.78 Å². The molecule has 0 unspecified atom stereocenters. The van der Waals surface area contributed by atoms with Gasteiger partial charge in [0, 0.05) is 6.42 Å². The molecular weight excluding hydrogens is 311 g/mol. The van der Waals surface area contributed by atoms with Crippen LogP contribution in [0, 0.1) is 0 Å². The average molecular weight is 332 g/mol. The molecule has 0 aromatic heterocycles. The molecule has 0 aliphatic heterocycles. The fraction of sp³-hybridized carbons (Fsp3) is 0.0909. The largest absolute Gasteiger partial charge is 0.300 e. The predicted octanol–water partition coefficient (Wildman–Crippen LogP) is 3.76. The van der Waals surface area contributed by atoms with Crippen molar-refractivity contribution in [3.05, 3.63) is 91.0 Å². The molecule has 2 heteroatoms. The third kappa shape index (κ3) is 3.27. The van der Waals surface area contributed by atoms with Crippen LogP contribution >= 0.6 is 6.89 Å². The van der Waals surface area contributed by atoms with Crippen molar-refractivity contribution in [2.24, 2.45) is 0 Å². The molecular formula is C22H21OP. The first kappa shape index (κ1) is 16.5. The van der Waals surface area contributed by atoms with Crippen molar-refractivity contribution in [3.63, 3.8) is 0 Å². The van der Waals surface area contributed by atoms with E-state index in [2.05, 4.69) is 78.6 Å². The van der Waals surface area contributed by atoms with Gasteiger partial charge in [0.05, 0.1) is 0 Å². The number of carbonyl (C=O) groups is 1. The molecule has 0 radical (unpaired) electrons. The Balaban J connectivity index is 2.37. The van der Waals surface area contributed by atoms with E-state index >= 15 is 0 Å². The summed E-state index contributed by atoms with van der Waals surface area (Å²) in [7, 11) is 0. The van der Waals surface area contributed by atoms with E-state index in [1.807, 2.05) is 18.2 Å². The summed E-state index contributed by atoms with van der Waals surface area (Å²) in [6.45, 7) is -0.294. The molecule has 120 valence electrons. The molecule has 1 nitrogen and oxygen atoms in total. The zero-order valence-electron chi connectivity index (χ0n) is 13.8. The van der Waals surface area contributed by atoms with Crippen molar-refractivity contribution < 1.29 is 4.79 Å². The van der Waals surface area contributed by atoms with Gasteiger partial charge in [-0.25, -0.2) is 0 Å². The lowest BCUT2D eigenvalue weighted by atomic mass is 10.3. The molecule has 0 spiro atoms. The Hall–Kier alpha value is -2.37. The van der Waals surface area contributed by atoms with Crippen LogP contribution in [0.25, 0.3) is 0 Å². The van der Waals surface area contributed by atoms with Crippen LogP contribution in [0.2, 0.25) is 0 Å². The number of hydrogen-bond donors (Lipinski definition) is 0. The van der Waals surface area contributed by atoms with Crippen LogP contribution < -0.4 is 15.9 Å². The Morgan fingerprint density at radius 3 is 1.33 bits per heavy atom. The molecule has 0 heterocycles. The molecule has 0 fully saturated rings. The van der Waals surface area contributed by atoms with Crippen molar-refractivity contribution in [1.29, 1.82) is 0 Å². The number of ketones is 1.